The molecule has 1 aromatic carbocycles. The minimum atomic E-state index is -1.51. The second-order valence-electron chi connectivity index (χ2n) is 8.16. The van der Waals surface area contributed by atoms with Crippen molar-refractivity contribution in [3.63, 3.8) is 0 Å². The molecule has 5 atom stereocenters. The standard InChI is InChI=1S/C24H24FNO10S2/c1-11(27)32-10-17-19(33-12(2)28)20(34-13(3)29)21(35-14(4)30)23(36-17)26-22(31)18(38-24(26)37)9-15-7-5-6-8-16(15)25/h5-9,17,19-21,23H,10H2,1-4H3/b18-9+/t17-,19-,20+,21+,23-/m1/s1. The van der Waals surface area contributed by atoms with Gasteiger partial charge in [0, 0.05) is 33.3 Å². The molecule has 0 radical (unpaired) electrons. The van der Waals surface area contributed by atoms with E-state index in [9.17, 15) is 28.4 Å². The highest BCUT2D eigenvalue weighted by atomic mass is 32.2. The van der Waals surface area contributed by atoms with Crippen LogP contribution < -0.4 is 0 Å². The van der Waals surface area contributed by atoms with Crippen molar-refractivity contribution < 1.29 is 52.0 Å². The summed E-state index contributed by atoms with van der Waals surface area (Å²) in [5.74, 6) is -4.39. The van der Waals surface area contributed by atoms with Crippen LogP contribution in [0.1, 0.15) is 33.3 Å². The molecule has 0 bridgehead atoms. The fourth-order valence-corrected chi connectivity index (χ4v) is 5.15. The van der Waals surface area contributed by atoms with E-state index in [1.54, 1.807) is 6.07 Å². The molecule has 2 aliphatic heterocycles. The van der Waals surface area contributed by atoms with Gasteiger partial charge in [0.25, 0.3) is 5.91 Å². The summed E-state index contributed by atoms with van der Waals surface area (Å²) in [5, 5.41) is 0. The van der Waals surface area contributed by atoms with Crippen molar-refractivity contribution in [1.29, 1.82) is 0 Å². The van der Waals surface area contributed by atoms with E-state index in [2.05, 4.69) is 0 Å². The summed E-state index contributed by atoms with van der Waals surface area (Å²) in [4.78, 5) is 61.9. The van der Waals surface area contributed by atoms with Gasteiger partial charge in [-0.25, -0.2) is 4.39 Å². The predicted molar refractivity (Wildman–Crippen MR) is 133 cm³/mol. The van der Waals surface area contributed by atoms with Gasteiger partial charge in [0.2, 0.25) is 0 Å². The number of amides is 1. The highest BCUT2D eigenvalue weighted by molar-refractivity contribution is 8.26. The Balaban J connectivity index is 2.06. The van der Waals surface area contributed by atoms with Crippen molar-refractivity contribution in [3.8, 4) is 0 Å². The van der Waals surface area contributed by atoms with E-state index in [1.165, 1.54) is 24.3 Å². The summed E-state index contributed by atoms with van der Waals surface area (Å²) in [5.41, 5.74) is 0.134. The topological polar surface area (TPSA) is 135 Å². The van der Waals surface area contributed by atoms with E-state index in [-0.39, 0.29) is 14.8 Å². The number of carbonyl (C=O) groups excluding carboxylic acids is 5. The van der Waals surface area contributed by atoms with Crippen molar-refractivity contribution in [2.24, 2.45) is 0 Å². The van der Waals surface area contributed by atoms with Gasteiger partial charge < -0.3 is 23.7 Å². The monoisotopic (exact) mass is 569 g/mol. The SMILES string of the molecule is CC(=O)OC[C@H]1O[C@@H](N2C(=O)/C(=C\c3ccccc3F)SC2=S)[C@@H](OC(C)=O)[C@@H](OC(C)=O)[C@@H]1OC(C)=O. The summed E-state index contributed by atoms with van der Waals surface area (Å²) in [6.45, 7) is 3.93. The number of carbonyl (C=O) groups is 5. The minimum absolute atomic E-state index is 0.0292. The van der Waals surface area contributed by atoms with Crippen LogP contribution in [0.15, 0.2) is 29.2 Å². The quantitative estimate of drug-likeness (QED) is 0.206. The molecule has 0 aromatic heterocycles. The van der Waals surface area contributed by atoms with E-state index in [4.69, 9.17) is 35.9 Å². The normalized spacial score (nSPS) is 26.2. The molecular formula is C24H24FNO10S2. The van der Waals surface area contributed by atoms with E-state index >= 15 is 0 Å². The van der Waals surface area contributed by atoms with Crippen LogP contribution in [0, 0.1) is 5.82 Å². The summed E-state index contributed by atoms with van der Waals surface area (Å²) in [7, 11) is 0. The number of hydrogen-bond acceptors (Lipinski definition) is 12. The van der Waals surface area contributed by atoms with Crippen LogP contribution in [0.4, 0.5) is 4.39 Å². The van der Waals surface area contributed by atoms with Crippen molar-refractivity contribution in [2.45, 2.75) is 58.3 Å². The van der Waals surface area contributed by atoms with Crippen LogP contribution >= 0.6 is 24.0 Å². The summed E-state index contributed by atoms with van der Waals surface area (Å²) in [6.07, 6.45) is -5.81. The maximum Gasteiger partial charge on any atom is 0.303 e. The molecule has 11 nitrogen and oxygen atoms in total. The zero-order chi connectivity index (χ0) is 28.1. The van der Waals surface area contributed by atoms with Crippen molar-refractivity contribution in [3.05, 3.63) is 40.6 Å². The van der Waals surface area contributed by atoms with Gasteiger partial charge in [-0.05, 0) is 12.1 Å². The Bertz CT molecular complexity index is 1190. The van der Waals surface area contributed by atoms with Gasteiger partial charge in [-0.1, -0.05) is 42.2 Å². The van der Waals surface area contributed by atoms with Crippen LogP contribution in [-0.2, 0) is 47.7 Å². The molecule has 2 saturated heterocycles. The molecule has 3 rings (SSSR count). The summed E-state index contributed by atoms with van der Waals surface area (Å²) < 4.78 is 41.3. The smallest absolute Gasteiger partial charge is 0.303 e. The molecule has 0 aliphatic carbocycles. The van der Waals surface area contributed by atoms with Gasteiger partial charge in [-0.3, -0.25) is 28.9 Å². The molecule has 0 saturated carbocycles. The molecule has 2 heterocycles. The molecule has 204 valence electrons. The van der Waals surface area contributed by atoms with Gasteiger partial charge in [0.05, 0.1) is 4.91 Å². The Morgan fingerprint density at radius 1 is 0.974 bits per heavy atom. The molecule has 0 N–H and O–H groups in total. The lowest BCUT2D eigenvalue weighted by molar-refractivity contribution is -0.268. The lowest BCUT2D eigenvalue weighted by atomic mass is 9.96. The fourth-order valence-electron chi connectivity index (χ4n) is 3.85. The van der Waals surface area contributed by atoms with E-state index in [0.717, 1.165) is 44.4 Å². The third-order valence-corrected chi connectivity index (χ3v) is 6.57. The first kappa shape index (κ1) is 29.2. The molecule has 2 aliphatic rings. The maximum absolute atomic E-state index is 14.2. The second kappa shape index (κ2) is 12.5. The first-order valence-corrected chi connectivity index (χ1v) is 12.4. The molecule has 1 aromatic rings. The number of hydrogen-bond donors (Lipinski definition) is 0. The Morgan fingerprint density at radius 3 is 2.13 bits per heavy atom. The number of thiocarbonyl (C=S) groups is 1. The highest BCUT2D eigenvalue weighted by Crippen LogP contribution is 2.39. The van der Waals surface area contributed by atoms with Crippen LogP contribution in [0.2, 0.25) is 0 Å². The van der Waals surface area contributed by atoms with Gasteiger partial charge in [-0.2, -0.15) is 0 Å². The van der Waals surface area contributed by atoms with Crippen LogP contribution in [0.3, 0.4) is 0 Å². The third kappa shape index (κ3) is 6.94. The van der Waals surface area contributed by atoms with Gasteiger partial charge in [-0.15, -0.1) is 0 Å². The van der Waals surface area contributed by atoms with E-state index < -0.39 is 72.9 Å². The van der Waals surface area contributed by atoms with Crippen molar-refractivity contribution in [2.75, 3.05) is 6.61 Å². The lowest BCUT2D eigenvalue weighted by Crippen LogP contribution is -2.66. The Labute approximate surface area is 226 Å². The van der Waals surface area contributed by atoms with E-state index in [1.807, 2.05) is 0 Å². The average molecular weight is 570 g/mol. The summed E-state index contributed by atoms with van der Waals surface area (Å²) >= 11 is 6.25. The number of halogens is 1. The zero-order valence-electron chi connectivity index (χ0n) is 20.7. The van der Waals surface area contributed by atoms with Crippen LogP contribution in [0.25, 0.3) is 6.08 Å². The van der Waals surface area contributed by atoms with Gasteiger partial charge >= 0.3 is 23.9 Å². The maximum atomic E-state index is 14.2. The molecular weight excluding hydrogens is 545 g/mol. The number of benzene rings is 1. The number of thioether (sulfide) groups is 1. The van der Waals surface area contributed by atoms with Crippen molar-refractivity contribution in [1.82, 2.24) is 4.90 Å². The fraction of sp³-hybridized carbons (Fsp3) is 0.417. The number of ether oxygens (including phenoxy) is 5. The van der Waals surface area contributed by atoms with Crippen LogP contribution in [-0.4, -0.2) is 76.3 Å². The Kier molecular flexibility index (Phi) is 9.57. The Hall–Kier alpha value is -3.36. The zero-order valence-corrected chi connectivity index (χ0v) is 22.3. The third-order valence-electron chi connectivity index (χ3n) is 5.24. The Morgan fingerprint density at radius 2 is 1.55 bits per heavy atom. The minimum Gasteiger partial charge on any atom is -0.463 e. The molecule has 0 unspecified atom stereocenters. The highest BCUT2D eigenvalue weighted by Gasteiger charge is 2.56. The molecule has 1 amide bonds. The lowest BCUT2D eigenvalue weighted by Gasteiger charge is -2.46. The van der Waals surface area contributed by atoms with Gasteiger partial charge in [0.15, 0.2) is 28.9 Å². The molecule has 0 spiro atoms. The van der Waals surface area contributed by atoms with Gasteiger partial charge in [0.1, 0.15) is 18.5 Å². The predicted octanol–water partition coefficient (Wildman–Crippen LogP) is 2.11. The first-order chi connectivity index (χ1) is 17.9. The first-order valence-electron chi connectivity index (χ1n) is 11.2. The van der Waals surface area contributed by atoms with Crippen molar-refractivity contribution >= 4 is 64.2 Å². The average Bonchev–Trinajstić information content (AvgIpc) is 3.08. The van der Waals surface area contributed by atoms with Crippen LogP contribution in [0.5, 0.6) is 0 Å². The number of esters is 4. The second-order valence-corrected chi connectivity index (χ2v) is 9.84. The number of rotatable bonds is 7. The molecule has 2 fully saturated rings. The largest absolute Gasteiger partial charge is 0.463 e. The molecule has 38 heavy (non-hydrogen) atoms. The molecule has 14 heteroatoms. The van der Waals surface area contributed by atoms with E-state index in [0.29, 0.717) is 0 Å². The number of nitrogens with zero attached hydrogens (tertiary/aromatic N) is 1. The summed E-state index contributed by atoms with van der Waals surface area (Å²) in [6, 6.07) is 5.78.